The van der Waals surface area contributed by atoms with Crippen LogP contribution in [0.5, 0.6) is 0 Å². The molecular weight excluding hydrogens is 359 g/mol. The van der Waals surface area contributed by atoms with E-state index in [1.165, 1.54) is 12.1 Å². The number of sulfone groups is 1. The predicted molar refractivity (Wildman–Crippen MR) is 80.9 cm³/mol. The third-order valence-electron chi connectivity index (χ3n) is 4.08. The molecule has 0 N–H and O–H groups in total. The molecule has 7 nitrogen and oxygen atoms in total. The van der Waals surface area contributed by atoms with Crippen LogP contribution >= 0.6 is 0 Å². The van der Waals surface area contributed by atoms with Crippen LogP contribution in [0.25, 0.3) is 5.82 Å². The van der Waals surface area contributed by atoms with Crippen molar-refractivity contribution in [1.82, 2.24) is 25.0 Å². The molecule has 0 unspecified atom stereocenters. The first kappa shape index (κ1) is 17.8. The van der Waals surface area contributed by atoms with Gasteiger partial charge in [-0.2, -0.15) is 17.9 Å². The van der Waals surface area contributed by atoms with E-state index in [2.05, 4.69) is 20.3 Å². The van der Waals surface area contributed by atoms with Crippen molar-refractivity contribution in [2.75, 3.05) is 6.26 Å². The van der Waals surface area contributed by atoms with Crippen molar-refractivity contribution in [3.8, 4) is 5.82 Å². The standard InChI is InChI=1S/C14H16F3N5O2S/c1-25(23,24)11-8-7-10(19-20-11)22-12(9-5-3-2-4-6-9)18-13(21-22)14(15,16)17/h7-9H,2-6H2,1H3. The summed E-state index contributed by atoms with van der Waals surface area (Å²) in [6, 6.07) is 2.47. The molecule has 0 saturated heterocycles. The minimum Gasteiger partial charge on any atom is -0.222 e. The quantitative estimate of drug-likeness (QED) is 0.819. The highest BCUT2D eigenvalue weighted by Crippen LogP contribution is 2.35. The predicted octanol–water partition coefficient (Wildman–Crippen LogP) is 2.53. The van der Waals surface area contributed by atoms with Crippen LogP contribution in [-0.2, 0) is 16.0 Å². The number of rotatable bonds is 3. The third kappa shape index (κ3) is 3.80. The second-order valence-corrected chi connectivity index (χ2v) is 8.00. The fraction of sp³-hybridized carbons (Fsp3) is 0.571. The molecule has 1 fully saturated rings. The minimum atomic E-state index is -4.67. The lowest BCUT2D eigenvalue weighted by atomic mass is 9.88. The van der Waals surface area contributed by atoms with E-state index in [0.29, 0.717) is 0 Å². The number of alkyl halides is 3. The molecule has 2 aromatic heterocycles. The first-order chi connectivity index (χ1) is 11.7. The Bertz CT molecular complexity index is 856. The lowest BCUT2D eigenvalue weighted by Gasteiger charge is -2.20. The molecule has 2 heterocycles. The Labute approximate surface area is 142 Å². The smallest absolute Gasteiger partial charge is 0.222 e. The maximum Gasteiger partial charge on any atom is 0.453 e. The van der Waals surface area contributed by atoms with Crippen LogP contribution in [0.15, 0.2) is 17.2 Å². The van der Waals surface area contributed by atoms with Gasteiger partial charge >= 0.3 is 6.18 Å². The number of hydrogen-bond donors (Lipinski definition) is 0. The molecule has 0 aromatic carbocycles. The van der Waals surface area contributed by atoms with Crippen molar-refractivity contribution in [2.45, 2.75) is 49.2 Å². The normalized spacial score (nSPS) is 17.0. The Balaban J connectivity index is 2.05. The first-order valence-corrected chi connectivity index (χ1v) is 9.64. The van der Waals surface area contributed by atoms with E-state index in [9.17, 15) is 21.6 Å². The van der Waals surface area contributed by atoms with Crippen molar-refractivity contribution in [1.29, 1.82) is 0 Å². The maximum absolute atomic E-state index is 13.0. The van der Waals surface area contributed by atoms with Gasteiger partial charge in [-0.05, 0) is 25.0 Å². The SMILES string of the molecule is CS(=O)(=O)c1ccc(-n2nc(C(F)(F)F)nc2C2CCCCC2)nn1. The van der Waals surface area contributed by atoms with Gasteiger partial charge in [0.2, 0.25) is 0 Å². The van der Waals surface area contributed by atoms with E-state index in [1.54, 1.807) is 0 Å². The average Bonchev–Trinajstić information content (AvgIpc) is 3.00. The van der Waals surface area contributed by atoms with Gasteiger partial charge in [0, 0.05) is 12.2 Å². The van der Waals surface area contributed by atoms with Gasteiger partial charge < -0.3 is 0 Å². The summed E-state index contributed by atoms with van der Waals surface area (Å²) in [4.78, 5) is 3.69. The zero-order chi connectivity index (χ0) is 18.2. The summed E-state index contributed by atoms with van der Waals surface area (Å²) in [6.07, 6.45) is 0.626. The Kier molecular flexibility index (Phi) is 4.52. The highest BCUT2D eigenvalue weighted by atomic mass is 32.2. The zero-order valence-electron chi connectivity index (χ0n) is 13.4. The molecule has 1 aliphatic carbocycles. The van der Waals surface area contributed by atoms with Crippen LogP contribution in [0.1, 0.15) is 49.7 Å². The van der Waals surface area contributed by atoms with Crippen LogP contribution in [0, 0.1) is 0 Å². The Morgan fingerprint density at radius 2 is 1.80 bits per heavy atom. The van der Waals surface area contributed by atoms with Gasteiger partial charge in [-0.1, -0.05) is 19.3 Å². The lowest BCUT2D eigenvalue weighted by Crippen LogP contribution is -2.14. The summed E-state index contributed by atoms with van der Waals surface area (Å²) in [6.45, 7) is 0. The van der Waals surface area contributed by atoms with E-state index in [0.717, 1.165) is 43.0 Å². The van der Waals surface area contributed by atoms with E-state index in [4.69, 9.17) is 0 Å². The minimum absolute atomic E-state index is 0.0102. The summed E-state index contributed by atoms with van der Waals surface area (Å²) in [5, 5.41) is 10.6. The highest BCUT2D eigenvalue weighted by Gasteiger charge is 2.38. The summed E-state index contributed by atoms with van der Waals surface area (Å²) >= 11 is 0. The zero-order valence-corrected chi connectivity index (χ0v) is 14.2. The van der Waals surface area contributed by atoms with Gasteiger partial charge in [0.25, 0.3) is 5.82 Å². The molecule has 0 bridgehead atoms. The van der Waals surface area contributed by atoms with Crippen molar-refractivity contribution in [3.63, 3.8) is 0 Å². The molecule has 0 aliphatic heterocycles. The molecule has 25 heavy (non-hydrogen) atoms. The third-order valence-corrected chi connectivity index (χ3v) is 5.06. The molecule has 3 rings (SSSR count). The van der Waals surface area contributed by atoms with Crippen molar-refractivity contribution < 1.29 is 21.6 Å². The number of nitrogens with zero attached hydrogens (tertiary/aromatic N) is 5. The van der Waals surface area contributed by atoms with Gasteiger partial charge in [-0.3, -0.25) is 0 Å². The number of aromatic nitrogens is 5. The molecule has 0 spiro atoms. The molecule has 0 atom stereocenters. The number of hydrogen-bond acceptors (Lipinski definition) is 6. The summed E-state index contributed by atoms with van der Waals surface area (Å²) in [5.41, 5.74) is 0. The molecule has 0 radical (unpaired) electrons. The Morgan fingerprint density at radius 3 is 2.32 bits per heavy atom. The van der Waals surface area contributed by atoms with Gasteiger partial charge in [-0.25, -0.2) is 13.4 Å². The topological polar surface area (TPSA) is 90.6 Å². The van der Waals surface area contributed by atoms with Gasteiger partial charge in [0.15, 0.2) is 20.7 Å². The second kappa shape index (κ2) is 6.36. The molecule has 1 aliphatic rings. The van der Waals surface area contributed by atoms with Crippen LogP contribution in [0.3, 0.4) is 0 Å². The van der Waals surface area contributed by atoms with Crippen molar-refractivity contribution in [2.24, 2.45) is 0 Å². The monoisotopic (exact) mass is 375 g/mol. The van der Waals surface area contributed by atoms with E-state index in [-0.39, 0.29) is 22.6 Å². The molecule has 136 valence electrons. The molecule has 11 heteroatoms. The summed E-state index contributed by atoms with van der Waals surface area (Å²) in [5.74, 6) is -1.18. The maximum atomic E-state index is 13.0. The van der Waals surface area contributed by atoms with E-state index < -0.39 is 21.8 Å². The van der Waals surface area contributed by atoms with Crippen LogP contribution in [-0.4, -0.2) is 39.6 Å². The van der Waals surface area contributed by atoms with Gasteiger partial charge in [-0.15, -0.1) is 15.3 Å². The van der Waals surface area contributed by atoms with E-state index >= 15 is 0 Å². The Hall–Kier alpha value is -2.04. The van der Waals surface area contributed by atoms with Crippen LogP contribution in [0.2, 0.25) is 0 Å². The number of halogens is 3. The first-order valence-electron chi connectivity index (χ1n) is 7.74. The van der Waals surface area contributed by atoms with Crippen molar-refractivity contribution in [3.05, 3.63) is 23.8 Å². The second-order valence-electron chi connectivity index (χ2n) is 6.04. The van der Waals surface area contributed by atoms with E-state index in [1.807, 2.05) is 0 Å². The summed E-state index contributed by atoms with van der Waals surface area (Å²) < 4.78 is 63.0. The largest absolute Gasteiger partial charge is 0.453 e. The van der Waals surface area contributed by atoms with Gasteiger partial charge in [0.1, 0.15) is 5.82 Å². The van der Waals surface area contributed by atoms with Crippen molar-refractivity contribution >= 4 is 9.84 Å². The highest BCUT2D eigenvalue weighted by molar-refractivity contribution is 7.90. The average molecular weight is 375 g/mol. The fourth-order valence-corrected chi connectivity index (χ4v) is 3.37. The fourth-order valence-electron chi connectivity index (χ4n) is 2.86. The van der Waals surface area contributed by atoms with Crippen LogP contribution < -0.4 is 0 Å². The summed E-state index contributed by atoms with van der Waals surface area (Å²) in [7, 11) is -3.55. The molecule has 0 amide bonds. The molecule has 1 saturated carbocycles. The van der Waals surface area contributed by atoms with Gasteiger partial charge in [0.05, 0.1) is 0 Å². The Morgan fingerprint density at radius 1 is 1.12 bits per heavy atom. The molecule has 2 aromatic rings. The lowest BCUT2D eigenvalue weighted by molar-refractivity contribution is -0.144. The molecular formula is C14H16F3N5O2S. The van der Waals surface area contributed by atoms with Crippen LogP contribution in [0.4, 0.5) is 13.2 Å².